The lowest BCUT2D eigenvalue weighted by Crippen LogP contribution is -2.22. The van der Waals surface area contributed by atoms with Gasteiger partial charge in [0.25, 0.3) is 0 Å². The molecule has 0 aromatic heterocycles. The number of rotatable bonds is 4. The van der Waals surface area contributed by atoms with E-state index in [-0.39, 0.29) is 0 Å². The number of amides is 2. The Morgan fingerprint density at radius 1 is 1.40 bits per heavy atom. The van der Waals surface area contributed by atoms with Crippen molar-refractivity contribution in [3.63, 3.8) is 0 Å². The fraction of sp³-hybridized carbons (Fsp3) is 0.222. The molecule has 0 atom stereocenters. The summed E-state index contributed by atoms with van der Waals surface area (Å²) in [5.41, 5.74) is 4.95. The molecule has 3 N–H and O–H groups in total. The number of urea groups is 1. The maximum atomic E-state index is 10.5. The summed E-state index contributed by atoms with van der Waals surface area (Å²) in [5.74, 6) is 1.31. The highest BCUT2D eigenvalue weighted by atomic mass is 32.2. The molecule has 15 heavy (non-hydrogen) atoms. The molecular weight excluding hydrogens is 216 g/mol. The average molecular weight is 228 g/mol. The Labute approximate surface area is 92.1 Å². The largest absolute Gasteiger partial charge is 0.497 e. The van der Waals surface area contributed by atoms with E-state index in [0.717, 1.165) is 16.8 Å². The van der Waals surface area contributed by atoms with E-state index < -0.39 is 6.03 Å². The van der Waals surface area contributed by atoms with Gasteiger partial charge >= 0.3 is 6.03 Å². The van der Waals surface area contributed by atoms with Gasteiger partial charge in [-0.25, -0.2) is 4.79 Å². The lowest BCUT2D eigenvalue weighted by atomic mass is 10.3. The van der Waals surface area contributed by atoms with E-state index in [4.69, 9.17) is 15.2 Å². The Morgan fingerprint density at radius 2 is 2.13 bits per heavy atom. The summed E-state index contributed by atoms with van der Waals surface area (Å²) in [6, 6.07) is 4.68. The molecule has 82 valence electrons. The highest BCUT2D eigenvalue weighted by molar-refractivity contribution is 7.98. The summed E-state index contributed by atoms with van der Waals surface area (Å²) < 4.78 is 12.6. The molecule has 0 saturated carbocycles. The van der Waals surface area contributed by atoms with Crippen molar-refractivity contribution in [2.45, 2.75) is 4.90 Å². The van der Waals surface area contributed by atoms with Gasteiger partial charge < -0.3 is 15.2 Å². The first-order chi connectivity index (χ1) is 7.17. The molecule has 1 aromatic carbocycles. The van der Waals surface area contributed by atoms with Crippen LogP contribution in [0.4, 0.5) is 4.79 Å². The molecule has 0 fully saturated rings. The molecule has 6 heteroatoms. The summed E-state index contributed by atoms with van der Waals surface area (Å²) in [5, 5.41) is 0. The van der Waals surface area contributed by atoms with Crippen molar-refractivity contribution < 1.29 is 14.3 Å². The number of carbonyl (C=O) groups excluding carboxylic acids is 1. The van der Waals surface area contributed by atoms with Crippen LogP contribution >= 0.6 is 11.9 Å². The van der Waals surface area contributed by atoms with Crippen LogP contribution in [0.1, 0.15) is 0 Å². The molecule has 1 aromatic rings. The number of hydrogen-bond acceptors (Lipinski definition) is 4. The fourth-order valence-corrected chi connectivity index (χ4v) is 1.55. The molecular formula is C9H12N2O3S. The zero-order chi connectivity index (χ0) is 11.3. The van der Waals surface area contributed by atoms with Crippen molar-refractivity contribution in [1.82, 2.24) is 4.72 Å². The second-order valence-electron chi connectivity index (χ2n) is 2.59. The molecule has 0 saturated heterocycles. The maximum Gasteiger partial charge on any atom is 0.322 e. The van der Waals surface area contributed by atoms with E-state index in [1.54, 1.807) is 32.4 Å². The average Bonchev–Trinajstić information content (AvgIpc) is 2.25. The van der Waals surface area contributed by atoms with Crippen LogP contribution in [0, 0.1) is 0 Å². The lowest BCUT2D eigenvalue weighted by Gasteiger charge is -2.09. The first-order valence-electron chi connectivity index (χ1n) is 4.11. The number of ether oxygens (including phenoxy) is 2. The highest BCUT2D eigenvalue weighted by Crippen LogP contribution is 2.30. The van der Waals surface area contributed by atoms with Gasteiger partial charge in [0.05, 0.1) is 19.1 Å². The van der Waals surface area contributed by atoms with E-state index in [2.05, 4.69) is 4.72 Å². The van der Waals surface area contributed by atoms with Crippen LogP contribution in [0.15, 0.2) is 23.1 Å². The van der Waals surface area contributed by atoms with Gasteiger partial charge in [-0.15, -0.1) is 0 Å². The Kier molecular flexibility index (Phi) is 4.11. The second kappa shape index (κ2) is 5.35. The minimum atomic E-state index is -0.599. The van der Waals surface area contributed by atoms with Crippen LogP contribution in [-0.4, -0.2) is 20.3 Å². The molecule has 0 unspecified atom stereocenters. The van der Waals surface area contributed by atoms with Crippen LogP contribution in [0.5, 0.6) is 11.5 Å². The van der Waals surface area contributed by atoms with Gasteiger partial charge in [0.2, 0.25) is 0 Å². The van der Waals surface area contributed by atoms with Crippen LogP contribution in [0.3, 0.4) is 0 Å². The molecule has 0 aliphatic rings. The van der Waals surface area contributed by atoms with Crippen LogP contribution in [-0.2, 0) is 0 Å². The van der Waals surface area contributed by atoms with E-state index in [0.29, 0.717) is 11.5 Å². The number of nitrogens with two attached hydrogens (primary N) is 1. The van der Waals surface area contributed by atoms with Crippen molar-refractivity contribution in [1.29, 1.82) is 0 Å². The van der Waals surface area contributed by atoms with Gasteiger partial charge in [0.15, 0.2) is 0 Å². The topological polar surface area (TPSA) is 73.6 Å². The Balaban J connectivity index is 2.82. The van der Waals surface area contributed by atoms with Crippen LogP contribution < -0.4 is 19.9 Å². The van der Waals surface area contributed by atoms with Crippen molar-refractivity contribution in [3.8, 4) is 11.5 Å². The number of nitrogens with one attached hydrogen (secondary N) is 1. The van der Waals surface area contributed by atoms with Gasteiger partial charge in [-0.1, -0.05) is 0 Å². The third-order valence-electron chi connectivity index (χ3n) is 1.63. The predicted molar refractivity (Wildman–Crippen MR) is 58.1 cm³/mol. The van der Waals surface area contributed by atoms with Gasteiger partial charge in [-0.05, 0) is 24.1 Å². The SMILES string of the molecule is COc1ccc(SNC(N)=O)c(OC)c1. The third-order valence-corrected chi connectivity index (χ3v) is 2.49. The molecule has 1 rings (SSSR count). The molecule has 0 spiro atoms. The van der Waals surface area contributed by atoms with Gasteiger partial charge in [-0.3, -0.25) is 4.72 Å². The molecule has 0 aliphatic heterocycles. The van der Waals surface area contributed by atoms with Crippen molar-refractivity contribution >= 4 is 18.0 Å². The summed E-state index contributed by atoms with van der Waals surface area (Å²) in [4.78, 5) is 11.3. The third kappa shape index (κ3) is 3.25. The number of primary amides is 1. The Bertz CT molecular complexity index is 357. The van der Waals surface area contributed by atoms with Gasteiger partial charge in [-0.2, -0.15) is 0 Å². The first-order valence-corrected chi connectivity index (χ1v) is 4.93. The summed E-state index contributed by atoms with van der Waals surface area (Å²) in [6.07, 6.45) is 0. The van der Waals surface area contributed by atoms with Crippen LogP contribution in [0.2, 0.25) is 0 Å². The van der Waals surface area contributed by atoms with Gasteiger partial charge in [0.1, 0.15) is 11.5 Å². The number of carbonyl (C=O) groups is 1. The summed E-state index contributed by atoms with van der Waals surface area (Å²) in [6.45, 7) is 0. The van der Waals surface area contributed by atoms with E-state index in [1.165, 1.54) is 0 Å². The minimum Gasteiger partial charge on any atom is -0.497 e. The quantitative estimate of drug-likeness (QED) is 0.763. The fourth-order valence-electron chi connectivity index (χ4n) is 0.964. The molecule has 5 nitrogen and oxygen atoms in total. The standard InChI is InChI=1S/C9H12N2O3S/c1-13-6-3-4-8(7(5-6)14-2)15-11-9(10)12/h3-5H,1-2H3,(H3,10,11,12). The summed E-state index contributed by atoms with van der Waals surface area (Å²) in [7, 11) is 3.12. The highest BCUT2D eigenvalue weighted by Gasteiger charge is 2.06. The molecule has 0 bridgehead atoms. The van der Waals surface area contributed by atoms with E-state index >= 15 is 0 Å². The smallest absolute Gasteiger partial charge is 0.322 e. The maximum absolute atomic E-state index is 10.5. The lowest BCUT2D eigenvalue weighted by molar-refractivity contribution is 0.254. The monoisotopic (exact) mass is 228 g/mol. The Hall–Kier alpha value is -1.56. The Morgan fingerprint density at radius 3 is 2.67 bits per heavy atom. The summed E-state index contributed by atoms with van der Waals surface area (Å²) >= 11 is 1.09. The minimum absolute atomic E-state index is 0.599. The van der Waals surface area contributed by atoms with Crippen molar-refractivity contribution in [3.05, 3.63) is 18.2 Å². The molecule has 2 amide bonds. The number of hydrogen-bond donors (Lipinski definition) is 2. The predicted octanol–water partition coefficient (Wildman–Crippen LogP) is 1.38. The van der Waals surface area contributed by atoms with Crippen LogP contribution in [0.25, 0.3) is 0 Å². The van der Waals surface area contributed by atoms with E-state index in [1.807, 2.05) is 0 Å². The van der Waals surface area contributed by atoms with E-state index in [9.17, 15) is 4.79 Å². The number of methoxy groups -OCH3 is 2. The first kappa shape index (κ1) is 11.5. The van der Waals surface area contributed by atoms with Crippen molar-refractivity contribution in [2.75, 3.05) is 14.2 Å². The number of benzene rings is 1. The molecule has 0 aliphatic carbocycles. The normalized spacial score (nSPS) is 9.47. The molecule has 0 radical (unpaired) electrons. The molecule has 0 heterocycles. The zero-order valence-corrected chi connectivity index (χ0v) is 9.26. The van der Waals surface area contributed by atoms with Crippen molar-refractivity contribution in [2.24, 2.45) is 5.73 Å². The zero-order valence-electron chi connectivity index (χ0n) is 8.44. The second-order valence-corrected chi connectivity index (χ2v) is 3.43. The van der Waals surface area contributed by atoms with Gasteiger partial charge in [0, 0.05) is 6.07 Å².